The Kier molecular flexibility index (Phi) is 3.70. The van der Waals surface area contributed by atoms with Crippen LogP contribution in [0.5, 0.6) is 0 Å². The Bertz CT molecular complexity index is 448. The summed E-state index contributed by atoms with van der Waals surface area (Å²) in [5.41, 5.74) is 0.165. The number of nitriles is 1. The van der Waals surface area contributed by atoms with Gasteiger partial charge in [0.05, 0.1) is 17.3 Å². The summed E-state index contributed by atoms with van der Waals surface area (Å²) < 4.78 is 36.1. The Labute approximate surface area is 94.8 Å². The van der Waals surface area contributed by atoms with Gasteiger partial charge in [-0.3, -0.25) is 4.79 Å². The molecule has 0 spiro atoms. The quantitative estimate of drug-likeness (QED) is 0.750. The fourth-order valence-electron chi connectivity index (χ4n) is 1.07. The molecule has 1 amide bonds. The molecule has 1 aromatic carbocycles. The molecule has 17 heavy (non-hydrogen) atoms. The second-order valence-corrected chi connectivity index (χ2v) is 3.01. The number of halogens is 3. The molecule has 0 heterocycles. The minimum absolute atomic E-state index is 0.103. The van der Waals surface area contributed by atoms with Gasteiger partial charge in [-0.1, -0.05) is 0 Å². The number of amides is 1. The second-order valence-electron chi connectivity index (χ2n) is 3.01. The van der Waals surface area contributed by atoms with Crippen LogP contribution >= 0.6 is 0 Å². The molecule has 0 bridgehead atoms. The third-order valence-electron chi connectivity index (χ3n) is 1.71. The van der Waals surface area contributed by atoms with Crippen LogP contribution in [0.3, 0.4) is 0 Å². The SMILES string of the molecule is CC(=O)N(OC(F)(F)F)c1ccc(C#N)cc1. The lowest BCUT2D eigenvalue weighted by Crippen LogP contribution is -2.35. The average Bonchev–Trinajstić information content (AvgIpc) is 2.25. The van der Waals surface area contributed by atoms with Crippen LogP contribution in [0, 0.1) is 11.3 Å². The molecule has 7 heteroatoms. The number of hydrogen-bond acceptors (Lipinski definition) is 3. The van der Waals surface area contributed by atoms with Gasteiger partial charge in [0.1, 0.15) is 0 Å². The van der Waals surface area contributed by atoms with E-state index in [9.17, 15) is 18.0 Å². The number of carbonyl (C=O) groups excluding carboxylic acids is 1. The lowest BCUT2D eigenvalue weighted by molar-refractivity contribution is -0.327. The van der Waals surface area contributed by atoms with Gasteiger partial charge in [-0.2, -0.15) is 15.2 Å². The van der Waals surface area contributed by atoms with Crippen LogP contribution in [0.25, 0.3) is 0 Å². The standard InChI is InChI=1S/C10H7F3N2O2/c1-7(16)15(17-10(11,12)13)9-4-2-8(6-14)3-5-9/h2-5H,1H3. The Morgan fingerprint density at radius 2 is 1.88 bits per heavy atom. The summed E-state index contributed by atoms with van der Waals surface area (Å²) >= 11 is 0. The van der Waals surface area contributed by atoms with Crippen molar-refractivity contribution in [3.05, 3.63) is 29.8 Å². The first-order valence-corrected chi connectivity index (χ1v) is 4.40. The monoisotopic (exact) mass is 244 g/mol. The van der Waals surface area contributed by atoms with E-state index in [1.807, 2.05) is 0 Å². The largest absolute Gasteiger partial charge is 0.544 e. The summed E-state index contributed by atoms with van der Waals surface area (Å²) in [4.78, 5) is 14.6. The Morgan fingerprint density at radius 3 is 2.24 bits per heavy atom. The van der Waals surface area contributed by atoms with Crippen molar-refractivity contribution in [2.45, 2.75) is 13.3 Å². The van der Waals surface area contributed by atoms with Crippen LogP contribution < -0.4 is 5.06 Å². The number of benzene rings is 1. The van der Waals surface area contributed by atoms with Crippen molar-refractivity contribution in [1.82, 2.24) is 0 Å². The first kappa shape index (κ1) is 13.0. The molecule has 0 radical (unpaired) electrons. The molecule has 0 unspecified atom stereocenters. The predicted molar refractivity (Wildman–Crippen MR) is 51.5 cm³/mol. The van der Waals surface area contributed by atoms with Crippen molar-refractivity contribution >= 4 is 11.6 Å². The molecule has 90 valence electrons. The molecule has 0 saturated heterocycles. The molecular formula is C10H7F3N2O2. The van der Waals surface area contributed by atoms with Gasteiger partial charge in [0, 0.05) is 6.92 Å². The first-order valence-electron chi connectivity index (χ1n) is 4.40. The number of alkyl halides is 3. The molecule has 0 aliphatic heterocycles. The van der Waals surface area contributed by atoms with Crippen molar-refractivity contribution in [2.75, 3.05) is 5.06 Å². The van der Waals surface area contributed by atoms with E-state index >= 15 is 0 Å². The van der Waals surface area contributed by atoms with Crippen LogP contribution in [0.2, 0.25) is 0 Å². The molecule has 1 rings (SSSR count). The zero-order valence-electron chi connectivity index (χ0n) is 8.65. The summed E-state index contributed by atoms with van der Waals surface area (Å²) in [5.74, 6) is -0.924. The summed E-state index contributed by atoms with van der Waals surface area (Å²) in [6.45, 7) is 0.934. The van der Waals surface area contributed by atoms with Crippen LogP contribution in [0.15, 0.2) is 24.3 Å². The minimum atomic E-state index is -4.96. The van der Waals surface area contributed by atoms with Crippen LogP contribution in [0.4, 0.5) is 18.9 Å². The maximum Gasteiger partial charge on any atom is 0.544 e. The Balaban J connectivity index is 2.99. The summed E-state index contributed by atoms with van der Waals surface area (Å²) in [7, 11) is 0. The van der Waals surface area contributed by atoms with E-state index < -0.39 is 12.3 Å². The molecule has 0 aromatic heterocycles. The molecule has 4 nitrogen and oxygen atoms in total. The number of nitrogens with zero attached hydrogens (tertiary/aromatic N) is 2. The number of rotatable bonds is 2. The van der Waals surface area contributed by atoms with E-state index in [-0.39, 0.29) is 16.3 Å². The molecule has 0 fully saturated rings. The van der Waals surface area contributed by atoms with Crippen molar-refractivity contribution in [3.63, 3.8) is 0 Å². The molecule has 0 atom stereocenters. The average molecular weight is 244 g/mol. The van der Waals surface area contributed by atoms with Crippen LogP contribution in [-0.4, -0.2) is 12.3 Å². The van der Waals surface area contributed by atoms with Gasteiger partial charge in [0.2, 0.25) is 5.91 Å². The van der Waals surface area contributed by atoms with Gasteiger partial charge in [0.15, 0.2) is 0 Å². The van der Waals surface area contributed by atoms with Crippen molar-refractivity contribution < 1.29 is 22.8 Å². The van der Waals surface area contributed by atoms with Crippen LogP contribution in [0.1, 0.15) is 12.5 Å². The Hall–Kier alpha value is -2.07. The van der Waals surface area contributed by atoms with E-state index in [1.54, 1.807) is 6.07 Å². The van der Waals surface area contributed by atoms with E-state index in [4.69, 9.17) is 5.26 Å². The van der Waals surface area contributed by atoms with Gasteiger partial charge in [-0.25, -0.2) is 0 Å². The zero-order valence-corrected chi connectivity index (χ0v) is 8.65. The first-order chi connectivity index (χ1) is 7.83. The van der Waals surface area contributed by atoms with E-state index in [0.29, 0.717) is 0 Å². The highest BCUT2D eigenvalue weighted by molar-refractivity contribution is 5.89. The summed E-state index contributed by atoms with van der Waals surface area (Å²) in [5, 5.41) is 8.63. The number of hydrogen-bond donors (Lipinski definition) is 0. The number of carbonyl (C=O) groups is 1. The van der Waals surface area contributed by atoms with Crippen LogP contribution in [-0.2, 0) is 9.63 Å². The predicted octanol–water partition coefficient (Wildman–Crippen LogP) is 2.36. The third kappa shape index (κ3) is 3.77. The maximum atomic E-state index is 12.0. The van der Waals surface area contributed by atoms with Gasteiger partial charge in [0.25, 0.3) is 0 Å². The molecular weight excluding hydrogens is 237 g/mol. The minimum Gasteiger partial charge on any atom is -0.273 e. The molecule has 0 saturated carbocycles. The van der Waals surface area contributed by atoms with Gasteiger partial charge < -0.3 is 0 Å². The third-order valence-corrected chi connectivity index (χ3v) is 1.71. The highest BCUT2D eigenvalue weighted by Crippen LogP contribution is 2.24. The van der Waals surface area contributed by atoms with E-state index in [1.165, 1.54) is 24.3 Å². The zero-order chi connectivity index (χ0) is 13.1. The fourth-order valence-corrected chi connectivity index (χ4v) is 1.07. The lowest BCUT2D eigenvalue weighted by Gasteiger charge is -2.21. The fraction of sp³-hybridized carbons (Fsp3) is 0.200. The summed E-state index contributed by atoms with van der Waals surface area (Å²) in [6.07, 6.45) is -4.96. The second kappa shape index (κ2) is 4.84. The smallest absolute Gasteiger partial charge is 0.273 e. The molecule has 0 N–H and O–H groups in total. The van der Waals surface area contributed by atoms with Crippen molar-refractivity contribution in [3.8, 4) is 6.07 Å². The normalized spacial score (nSPS) is 10.8. The topological polar surface area (TPSA) is 53.3 Å². The molecule has 1 aromatic rings. The van der Waals surface area contributed by atoms with Gasteiger partial charge in [-0.15, -0.1) is 13.2 Å². The van der Waals surface area contributed by atoms with Crippen molar-refractivity contribution in [1.29, 1.82) is 5.26 Å². The molecule has 0 aliphatic carbocycles. The van der Waals surface area contributed by atoms with Gasteiger partial charge in [-0.05, 0) is 24.3 Å². The van der Waals surface area contributed by atoms with E-state index in [0.717, 1.165) is 6.92 Å². The van der Waals surface area contributed by atoms with Crippen molar-refractivity contribution in [2.24, 2.45) is 0 Å². The number of hydroxylamine groups is 1. The Morgan fingerprint density at radius 1 is 1.35 bits per heavy atom. The highest BCUT2D eigenvalue weighted by atomic mass is 19.4. The van der Waals surface area contributed by atoms with E-state index in [2.05, 4.69) is 4.84 Å². The molecule has 0 aliphatic rings. The number of anilines is 1. The van der Waals surface area contributed by atoms with Gasteiger partial charge >= 0.3 is 6.36 Å². The lowest BCUT2D eigenvalue weighted by atomic mass is 10.2. The highest BCUT2D eigenvalue weighted by Gasteiger charge is 2.35. The summed E-state index contributed by atoms with van der Waals surface area (Å²) in [6, 6.07) is 6.74. The maximum absolute atomic E-state index is 12.0.